The molecule has 1 aliphatic heterocycles. The number of hydrogen-bond donors (Lipinski definition) is 1. The van der Waals surface area contributed by atoms with Gasteiger partial charge in [-0.3, -0.25) is 0 Å². The first-order chi connectivity index (χ1) is 9.56. The van der Waals surface area contributed by atoms with E-state index in [0.717, 1.165) is 35.5 Å². The Morgan fingerprint density at radius 3 is 2.80 bits per heavy atom. The summed E-state index contributed by atoms with van der Waals surface area (Å²) in [5.41, 5.74) is 1.94. The third-order valence-electron chi connectivity index (χ3n) is 3.88. The van der Waals surface area contributed by atoms with E-state index in [-0.39, 0.29) is 12.0 Å². The summed E-state index contributed by atoms with van der Waals surface area (Å²) in [6.45, 7) is 4.70. The Labute approximate surface area is 120 Å². The number of rotatable bonds is 6. The summed E-state index contributed by atoms with van der Waals surface area (Å²) in [5, 5.41) is 10.5. The van der Waals surface area contributed by atoms with Crippen molar-refractivity contribution in [3.8, 4) is 11.5 Å². The van der Waals surface area contributed by atoms with Crippen LogP contribution in [0.3, 0.4) is 0 Å². The molecule has 112 valence electrons. The van der Waals surface area contributed by atoms with Crippen molar-refractivity contribution in [3.63, 3.8) is 0 Å². The molecule has 4 heteroatoms. The Balaban J connectivity index is 2.24. The topological polar surface area (TPSA) is 47.9 Å². The van der Waals surface area contributed by atoms with Gasteiger partial charge in [0.15, 0.2) is 0 Å². The van der Waals surface area contributed by atoms with Crippen LogP contribution in [-0.4, -0.2) is 32.0 Å². The van der Waals surface area contributed by atoms with E-state index in [9.17, 15) is 5.11 Å². The van der Waals surface area contributed by atoms with Gasteiger partial charge < -0.3 is 19.3 Å². The number of ether oxygens (including phenoxy) is 3. The first-order valence-corrected chi connectivity index (χ1v) is 7.11. The zero-order valence-electron chi connectivity index (χ0n) is 12.7. The fourth-order valence-corrected chi connectivity index (χ4v) is 2.63. The van der Waals surface area contributed by atoms with Gasteiger partial charge in [-0.2, -0.15) is 0 Å². The molecule has 0 aromatic heterocycles. The van der Waals surface area contributed by atoms with Gasteiger partial charge in [0.05, 0.1) is 13.2 Å². The molecule has 0 saturated heterocycles. The third kappa shape index (κ3) is 3.07. The van der Waals surface area contributed by atoms with Crippen LogP contribution >= 0.6 is 0 Å². The lowest BCUT2D eigenvalue weighted by Gasteiger charge is -2.21. The van der Waals surface area contributed by atoms with Gasteiger partial charge in [-0.25, -0.2) is 0 Å². The molecule has 0 spiro atoms. The Hall–Kier alpha value is -1.26. The zero-order valence-corrected chi connectivity index (χ0v) is 12.7. The van der Waals surface area contributed by atoms with E-state index in [1.807, 2.05) is 26.0 Å². The number of aliphatic hydroxyl groups excluding tert-OH is 1. The maximum Gasteiger partial charge on any atom is 0.125 e. The molecule has 0 amide bonds. The summed E-state index contributed by atoms with van der Waals surface area (Å²) in [6, 6.07) is 3.91. The van der Waals surface area contributed by atoms with Gasteiger partial charge >= 0.3 is 0 Å². The molecular weight excluding hydrogens is 256 g/mol. The fraction of sp³-hybridized carbons (Fsp3) is 0.625. The Morgan fingerprint density at radius 2 is 2.15 bits per heavy atom. The van der Waals surface area contributed by atoms with Gasteiger partial charge in [-0.05, 0) is 31.4 Å². The lowest BCUT2D eigenvalue weighted by atomic mass is 9.93. The third-order valence-corrected chi connectivity index (χ3v) is 3.88. The smallest absolute Gasteiger partial charge is 0.125 e. The van der Waals surface area contributed by atoms with Crippen molar-refractivity contribution in [2.75, 3.05) is 20.8 Å². The van der Waals surface area contributed by atoms with Crippen LogP contribution in [-0.2, 0) is 11.2 Å². The highest BCUT2D eigenvalue weighted by Gasteiger charge is 2.26. The lowest BCUT2D eigenvalue weighted by Crippen LogP contribution is -2.12. The van der Waals surface area contributed by atoms with Crippen LogP contribution in [0.15, 0.2) is 12.1 Å². The van der Waals surface area contributed by atoms with Gasteiger partial charge in [-0.15, -0.1) is 0 Å². The minimum absolute atomic E-state index is 0.0979. The molecular formula is C16H24O4. The molecule has 3 unspecified atom stereocenters. The van der Waals surface area contributed by atoms with E-state index in [4.69, 9.17) is 14.2 Å². The number of benzene rings is 1. The summed E-state index contributed by atoms with van der Waals surface area (Å²) in [6.07, 6.45) is 1.30. The average Bonchev–Trinajstić information content (AvgIpc) is 2.81. The second-order valence-corrected chi connectivity index (χ2v) is 5.54. The average molecular weight is 280 g/mol. The quantitative estimate of drug-likeness (QED) is 0.870. The molecule has 1 N–H and O–H groups in total. The second-order valence-electron chi connectivity index (χ2n) is 5.54. The van der Waals surface area contributed by atoms with Crippen molar-refractivity contribution >= 4 is 0 Å². The van der Waals surface area contributed by atoms with Crippen molar-refractivity contribution in [1.82, 2.24) is 0 Å². The molecule has 0 saturated carbocycles. The van der Waals surface area contributed by atoms with Crippen molar-refractivity contribution < 1.29 is 19.3 Å². The molecule has 2 rings (SSSR count). The van der Waals surface area contributed by atoms with Gasteiger partial charge in [-0.1, -0.05) is 6.92 Å². The van der Waals surface area contributed by atoms with E-state index < -0.39 is 6.10 Å². The van der Waals surface area contributed by atoms with E-state index >= 15 is 0 Å². The summed E-state index contributed by atoms with van der Waals surface area (Å²) in [7, 11) is 3.31. The molecule has 20 heavy (non-hydrogen) atoms. The summed E-state index contributed by atoms with van der Waals surface area (Å²) in [4.78, 5) is 0. The standard InChI is InChI=1S/C16H24O4/c1-10(5-6-18-3)16(17)13-9-14-12(7-11(2)20-14)8-15(13)19-4/h8-11,16-17H,5-7H2,1-4H3. The van der Waals surface area contributed by atoms with Crippen LogP contribution < -0.4 is 9.47 Å². The summed E-state index contributed by atoms with van der Waals surface area (Å²) < 4.78 is 16.3. The highest BCUT2D eigenvalue weighted by atomic mass is 16.5. The monoisotopic (exact) mass is 280 g/mol. The van der Waals surface area contributed by atoms with E-state index in [1.165, 1.54) is 0 Å². The number of methoxy groups -OCH3 is 2. The Bertz CT molecular complexity index is 458. The highest BCUT2D eigenvalue weighted by Crippen LogP contribution is 2.39. The van der Waals surface area contributed by atoms with Crippen LogP contribution in [0.4, 0.5) is 0 Å². The number of aliphatic hydroxyl groups is 1. The molecule has 1 heterocycles. The van der Waals surface area contributed by atoms with Gasteiger partial charge in [0, 0.05) is 31.3 Å². The molecule has 0 bridgehead atoms. The first kappa shape index (κ1) is 15.1. The molecule has 1 aromatic carbocycles. The molecule has 0 radical (unpaired) electrons. The second kappa shape index (κ2) is 6.46. The Morgan fingerprint density at radius 1 is 1.40 bits per heavy atom. The maximum atomic E-state index is 10.5. The molecule has 4 nitrogen and oxygen atoms in total. The number of hydrogen-bond acceptors (Lipinski definition) is 4. The van der Waals surface area contributed by atoms with Crippen LogP contribution in [0.2, 0.25) is 0 Å². The van der Waals surface area contributed by atoms with Crippen molar-refractivity contribution in [3.05, 3.63) is 23.3 Å². The largest absolute Gasteiger partial charge is 0.496 e. The van der Waals surface area contributed by atoms with Crippen molar-refractivity contribution in [2.45, 2.75) is 38.9 Å². The van der Waals surface area contributed by atoms with Gasteiger partial charge in [0.2, 0.25) is 0 Å². The molecule has 0 fully saturated rings. The van der Waals surface area contributed by atoms with Crippen LogP contribution in [0.1, 0.15) is 37.5 Å². The number of fused-ring (bicyclic) bond motifs is 1. The normalized spacial score (nSPS) is 20.1. The van der Waals surface area contributed by atoms with Crippen molar-refractivity contribution in [2.24, 2.45) is 5.92 Å². The van der Waals surface area contributed by atoms with E-state index in [1.54, 1.807) is 14.2 Å². The first-order valence-electron chi connectivity index (χ1n) is 7.11. The Kier molecular flexibility index (Phi) is 4.89. The van der Waals surface area contributed by atoms with E-state index in [0.29, 0.717) is 6.61 Å². The maximum absolute atomic E-state index is 10.5. The molecule has 3 atom stereocenters. The van der Waals surface area contributed by atoms with Gasteiger partial charge in [0.1, 0.15) is 17.6 Å². The summed E-state index contributed by atoms with van der Waals surface area (Å²) in [5.74, 6) is 1.70. The summed E-state index contributed by atoms with van der Waals surface area (Å²) >= 11 is 0. The van der Waals surface area contributed by atoms with Crippen LogP contribution in [0.5, 0.6) is 11.5 Å². The zero-order chi connectivity index (χ0) is 14.7. The molecule has 0 aliphatic carbocycles. The predicted molar refractivity (Wildman–Crippen MR) is 77.4 cm³/mol. The van der Waals surface area contributed by atoms with Crippen molar-refractivity contribution in [1.29, 1.82) is 0 Å². The van der Waals surface area contributed by atoms with Crippen LogP contribution in [0, 0.1) is 5.92 Å². The SMILES string of the molecule is COCCC(C)C(O)c1cc2c(cc1OC)CC(C)O2. The fourth-order valence-electron chi connectivity index (χ4n) is 2.63. The van der Waals surface area contributed by atoms with Crippen LogP contribution in [0.25, 0.3) is 0 Å². The predicted octanol–water partition coefficient (Wildman–Crippen LogP) is 2.72. The highest BCUT2D eigenvalue weighted by molar-refractivity contribution is 5.49. The minimum Gasteiger partial charge on any atom is -0.496 e. The molecule has 1 aliphatic rings. The lowest BCUT2D eigenvalue weighted by molar-refractivity contribution is 0.0863. The minimum atomic E-state index is -0.579. The molecule has 1 aromatic rings. The van der Waals surface area contributed by atoms with E-state index in [2.05, 4.69) is 0 Å². The van der Waals surface area contributed by atoms with Gasteiger partial charge in [0.25, 0.3) is 0 Å².